The Labute approximate surface area is 211 Å². The average Bonchev–Trinajstić information content (AvgIpc) is 3.66. The molecule has 0 aromatic carbocycles. The molecule has 6 heterocycles. The standard InChI is InChI=1S/C20H26N8O8S/c1-3-15-21-23-17(33-15)13-7-5-11-9-25(13)19(29)27(11)35-37(31,32)36-28-12-6-8-14(26(10-12)20(28)30)18-24-22-16(4-2)34-18/h11-14H,3-10H2,1-2H3/t11-,12-,13+,14+/m1/s1. The van der Waals surface area contributed by atoms with E-state index in [0.29, 0.717) is 62.1 Å². The lowest BCUT2D eigenvalue weighted by Crippen LogP contribution is -2.41. The van der Waals surface area contributed by atoms with Crippen molar-refractivity contribution < 1.29 is 35.4 Å². The van der Waals surface area contributed by atoms with E-state index in [-0.39, 0.29) is 13.1 Å². The van der Waals surface area contributed by atoms with Crippen molar-refractivity contribution in [1.82, 2.24) is 40.3 Å². The number of carbonyl (C=O) groups is 2. The van der Waals surface area contributed by atoms with E-state index in [1.807, 2.05) is 13.8 Å². The highest BCUT2D eigenvalue weighted by molar-refractivity contribution is 7.81. The molecule has 0 N–H and O–H groups in total. The maximum atomic E-state index is 13.0. The third kappa shape index (κ3) is 4.10. The van der Waals surface area contributed by atoms with Crippen LogP contribution in [0.5, 0.6) is 0 Å². The smallest absolute Gasteiger partial charge is 0.423 e. The number of carbonyl (C=O) groups excluding carboxylic acids is 2. The molecule has 4 fully saturated rings. The minimum atomic E-state index is -4.80. The molecule has 4 saturated heterocycles. The van der Waals surface area contributed by atoms with Gasteiger partial charge in [-0.3, -0.25) is 0 Å². The summed E-state index contributed by atoms with van der Waals surface area (Å²) in [6, 6.07) is -3.29. The molecule has 4 aliphatic rings. The molecule has 2 aromatic rings. The van der Waals surface area contributed by atoms with Gasteiger partial charge in [0.25, 0.3) is 0 Å². The Morgan fingerprint density at radius 1 is 0.757 bits per heavy atom. The van der Waals surface area contributed by atoms with Gasteiger partial charge in [0.05, 0.1) is 12.1 Å². The summed E-state index contributed by atoms with van der Waals surface area (Å²) in [5.74, 6) is 1.51. The maximum absolute atomic E-state index is 13.0. The second kappa shape index (κ2) is 8.91. The van der Waals surface area contributed by atoms with Gasteiger partial charge in [0, 0.05) is 25.9 Å². The van der Waals surface area contributed by atoms with Gasteiger partial charge < -0.3 is 18.6 Å². The molecule has 0 aliphatic carbocycles. The van der Waals surface area contributed by atoms with Crippen molar-refractivity contribution in [2.75, 3.05) is 13.1 Å². The largest absolute Gasteiger partial charge is 0.442 e. The van der Waals surface area contributed by atoms with Crippen molar-refractivity contribution >= 4 is 22.5 Å². The SMILES string of the molecule is CCc1nnc([C@@H]2CC[C@@H]3CN2C(=O)N3OS(=O)(=O)ON2C(=O)N3C[C@H]2CC[C@H]3c2nnc(CC)o2)o1. The second-order valence-corrected chi connectivity index (χ2v) is 10.5. The first-order valence-electron chi connectivity index (χ1n) is 12.3. The van der Waals surface area contributed by atoms with Gasteiger partial charge in [0.2, 0.25) is 23.6 Å². The summed E-state index contributed by atoms with van der Waals surface area (Å²) >= 11 is 0. The zero-order valence-corrected chi connectivity index (χ0v) is 21.0. The van der Waals surface area contributed by atoms with E-state index in [4.69, 9.17) is 17.4 Å². The zero-order chi connectivity index (χ0) is 25.9. The molecule has 4 aliphatic heterocycles. The molecule has 6 rings (SSSR count). The van der Waals surface area contributed by atoms with E-state index in [9.17, 15) is 18.0 Å². The molecule has 200 valence electrons. The van der Waals surface area contributed by atoms with Gasteiger partial charge in [-0.2, -0.15) is 18.5 Å². The molecule has 16 nitrogen and oxygen atoms in total. The van der Waals surface area contributed by atoms with Crippen LogP contribution < -0.4 is 0 Å². The van der Waals surface area contributed by atoms with Gasteiger partial charge in [0.1, 0.15) is 12.1 Å². The van der Waals surface area contributed by atoms with Crippen LogP contribution in [0.1, 0.15) is 75.2 Å². The molecule has 0 saturated carbocycles. The lowest BCUT2D eigenvalue weighted by Gasteiger charge is -2.27. The molecule has 0 unspecified atom stereocenters. The first kappa shape index (κ1) is 24.1. The number of hydrogen-bond acceptors (Lipinski definition) is 12. The lowest BCUT2D eigenvalue weighted by atomic mass is 10.0. The van der Waals surface area contributed by atoms with E-state index >= 15 is 0 Å². The number of rotatable bonds is 8. The van der Waals surface area contributed by atoms with E-state index in [0.717, 1.165) is 10.1 Å². The van der Waals surface area contributed by atoms with Crippen LogP contribution >= 0.6 is 0 Å². The maximum Gasteiger partial charge on any atom is 0.442 e. The lowest BCUT2D eigenvalue weighted by molar-refractivity contribution is -0.0841. The Morgan fingerprint density at radius 2 is 1.19 bits per heavy atom. The number of piperidine rings is 2. The number of urea groups is 2. The Bertz CT molecular complexity index is 1220. The van der Waals surface area contributed by atoms with Gasteiger partial charge >= 0.3 is 22.5 Å². The van der Waals surface area contributed by atoms with Crippen molar-refractivity contribution in [1.29, 1.82) is 0 Å². The molecular weight excluding hydrogens is 512 g/mol. The number of aryl methyl sites for hydroxylation is 2. The third-order valence-electron chi connectivity index (χ3n) is 7.13. The molecular formula is C20H26N8O8S. The van der Waals surface area contributed by atoms with Gasteiger partial charge in [-0.25, -0.2) is 9.59 Å². The number of hydrogen-bond donors (Lipinski definition) is 0. The molecule has 2 aromatic heterocycles. The van der Waals surface area contributed by atoms with Crippen LogP contribution in [0.15, 0.2) is 8.83 Å². The molecule has 0 radical (unpaired) electrons. The van der Waals surface area contributed by atoms with Crippen molar-refractivity contribution in [2.45, 2.75) is 76.5 Å². The Balaban J connectivity index is 1.13. The normalized spacial score (nSPS) is 27.6. The predicted octanol–water partition coefficient (Wildman–Crippen LogP) is 1.27. The van der Waals surface area contributed by atoms with E-state index in [2.05, 4.69) is 20.4 Å². The number of hydroxylamine groups is 4. The fourth-order valence-electron chi connectivity index (χ4n) is 5.27. The molecule has 4 atom stereocenters. The average molecular weight is 539 g/mol. The highest BCUT2D eigenvalue weighted by Gasteiger charge is 2.52. The fourth-order valence-corrected chi connectivity index (χ4v) is 6.06. The third-order valence-corrected chi connectivity index (χ3v) is 7.82. The number of nitrogens with zero attached hydrogens (tertiary/aromatic N) is 8. The van der Waals surface area contributed by atoms with Crippen molar-refractivity contribution in [2.24, 2.45) is 0 Å². The van der Waals surface area contributed by atoms with Crippen LogP contribution in [0.4, 0.5) is 9.59 Å². The summed E-state index contributed by atoms with van der Waals surface area (Å²) in [5.41, 5.74) is 0. The second-order valence-electron chi connectivity index (χ2n) is 9.35. The highest BCUT2D eigenvalue weighted by Crippen LogP contribution is 2.40. The van der Waals surface area contributed by atoms with Crippen LogP contribution in [0.2, 0.25) is 0 Å². The summed E-state index contributed by atoms with van der Waals surface area (Å²) in [4.78, 5) is 29.0. The minimum absolute atomic E-state index is 0.230. The quantitative estimate of drug-likeness (QED) is 0.471. The Kier molecular flexibility index (Phi) is 5.79. The highest BCUT2D eigenvalue weighted by atomic mass is 32.3. The summed E-state index contributed by atoms with van der Waals surface area (Å²) < 4.78 is 47.1. The Hall–Kier alpha value is -3.31. The van der Waals surface area contributed by atoms with Gasteiger partial charge in [-0.15, -0.1) is 29.0 Å². The molecule has 0 spiro atoms. The minimum Gasteiger partial charge on any atom is -0.423 e. The van der Waals surface area contributed by atoms with Crippen LogP contribution in [0.25, 0.3) is 0 Å². The predicted molar refractivity (Wildman–Crippen MR) is 118 cm³/mol. The van der Waals surface area contributed by atoms with Crippen LogP contribution in [0, 0.1) is 0 Å². The molecule has 37 heavy (non-hydrogen) atoms. The van der Waals surface area contributed by atoms with Gasteiger partial charge in [0.15, 0.2) is 0 Å². The van der Waals surface area contributed by atoms with E-state index < -0.39 is 46.6 Å². The number of aromatic nitrogens is 4. The summed E-state index contributed by atoms with van der Waals surface area (Å²) in [5, 5.41) is 17.5. The molecule has 4 bridgehead atoms. The molecule has 17 heteroatoms. The summed E-state index contributed by atoms with van der Waals surface area (Å²) in [6.07, 6.45) is 3.03. The first-order valence-corrected chi connectivity index (χ1v) is 13.6. The van der Waals surface area contributed by atoms with Gasteiger partial charge in [-0.05, 0) is 25.7 Å². The van der Waals surface area contributed by atoms with Crippen molar-refractivity contribution in [3.63, 3.8) is 0 Å². The monoisotopic (exact) mass is 538 g/mol. The van der Waals surface area contributed by atoms with Crippen molar-refractivity contribution in [3.05, 3.63) is 23.6 Å². The summed E-state index contributed by atoms with van der Waals surface area (Å²) in [6.45, 7) is 4.21. The summed E-state index contributed by atoms with van der Waals surface area (Å²) in [7, 11) is -4.80. The number of amides is 4. The van der Waals surface area contributed by atoms with Gasteiger partial charge in [-0.1, -0.05) is 13.8 Å². The van der Waals surface area contributed by atoms with Crippen LogP contribution in [0.3, 0.4) is 0 Å². The van der Waals surface area contributed by atoms with E-state index in [1.54, 1.807) is 0 Å². The fraction of sp³-hybridized carbons (Fsp3) is 0.700. The van der Waals surface area contributed by atoms with Crippen molar-refractivity contribution in [3.8, 4) is 0 Å². The first-order chi connectivity index (χ1) is 17.8. The topological polar surface area (TPSA) is 178 Å². The number of fused-ring (bicyclic) bond motifs is 4. The van der Waals surface area contributed by atoms with E-state index in [1.165, 1.54) is 9.80 Å². The Morgan fingerprint density at radius 3 is 1.57 bits per heavy atom. The molecule has 4 amide bonds. The van der Waals surface area contributed by atoms with Crippen LogP contribution in [-0.4, -0.2) is 86.0 Å². The zero-order valence-electron chi connectivity index (χ0n) is 20.2. The van der Waals surface area contributed by atoms with Crippen LogP contribution in [-0.2, 0) is 31.8 Å².